The number of hydrogen-bond donors (Lipinski definition) is 2. The van der Waals surface area contributed by atoms with Gasteiger partial charge in [-0.3, -0.25) is 9.59 Å². The maximum absolute atomic E-state index is 14.4. The highest BCUT2D eigenvalue weighted by atomic mass is 32.2. The van der Waals surface area contributed by atoms with Crippen LogP contribution >= 0.6 is 11.8 Å². The first-order chi connectivity index (χ1) is 13.8. The van der Waals surface area contributed by atoms with Gasteiger partial charge in [-0.2, -0.15) is 20.5 Å². The molecule has 0 aromatic heterocycles. The van der Waals surface area contributed by atoms with Gasteiger partial charge in [-0.15, -0.1) is 0 Å². The van der Waals surface area contributed by atoms with Crippen LogP contribution in [0.25, 0.3) is 0 Å². The number of nitrogens with zero attached hydrogens (tertiary/aromatic N) is 1. The maximum atomic E-state index is 14.4. The number of unbranched alkanes of at least 4 members (excludes halogenated alkanes) is 1. The number of rotatable bonds is 12. The van der Waals surface area contributed by atoms with Gasteiger partial charge in [0.15, 0.2) is 0 Å². The Kier molecular flexibility index (Phi) is 9.10. The number of amides is 1. The van der Waals surface area contributed by atoms with E-state index in [9.17, 15) is 23.5 Å². The smallest absolute Gasteiger partial charge is 0.304 e. The van der Waals surface area contributed by atoms with Crippen LogP contribution in [0.4, 0.5) is 8.78 Å². The van der Waals surface area contributed by atoms with Crippen molar-refractivity contribution in [2.24, 2.45) is 0 Å². The summed E-state index contributed by atoms with van der Waals surface area (Å²) in [5, 5.41) is 18.6. The number of carbonyl (C=O) groups is 2. The molecule has 1 aromatic rings. The van der Waals surface area contributed by atoms with E-state index in [1.165, 1.54) is 30.3 Å². The average Bonchev–Trinajstić information content (AvgIpc) is 3.05. The van der Waals surface area contributed by atoms with Crippen molar-refractivity contribution in [3.8, 4) is 0 Å². The van der Waals surface area contributed by atoms with Crippen molar-refractivity contribution in [1.82, 2.24) is 4.90 Å². The molecule has 0 radical (unpaired) electrons. The molecule has 8 heteroatoms. The number of thioether (sulfide) groups is 1. The Bertz CT molecular complexity index is 699. The molecule has 1 heterocycles. The van der Waals surface area contributed by atoms with E-state index in [1.54, 1.807) is 22.7 Å². The van der Waals surface area contributed by atoms with E-state index in [1.807, 2.05) is 0 Å². The van der Waals surface area contributed by atoms with Gasteiger partial charge in [0.25, 0.3) is 0 Å². The molecule has 1 aliphatic rings. The molecule has 1 aromatic carbocycles. The summed E-state index contributed by atoms with van der Waals surface area (Å²) in [6, 6.07) is 6.89. The Morgan fingerprint density at radius 3 is 2.69 bits per heavy atom. The minimum absolute atomic E-state index is 0.0116. The number of aliphatic hydroxyl groups is 1. The highest BCUT2D eigenvalue weighted by Crippen LogP contribution is 2.32. The van der Waals surface area contributed by atoms with Crippen molar-refractivity contribution in [3.63, 3.8) is 0 Å². The molecule has 2 N–H and O–H groups in total. The predicted octanol–water partition coefficient (Wildman–Crippen LogP) is 3.67. The van der Waals surface area contributed by atoms with Gasteiger partial charge >= 0.3 is 11.9 Å². The van der Waals surface area contributed by atoms with Crippen LogP contribution in [0.3, 0.4) is 0 Å². The number of halogens is 2. The van der Waals surface area contributed by atoms with Gasteiger partial charge in [0.2, 0.25) is 5.91 Å². The lowest BCUT2D eigenvalue weighted by atomic mass is 10.0. The third-order valence-corrected chi connectivity index (χ3v) is 5.89. The van der Waals surface area contributed by atoms with Crippen molar-refractivity contribution < 1.29 is 28.6 Å². The zero-order valence-electron chi connectivity index (χ0n) is 16.2. The molecule has 160 valence electrons. The van der Waals surface area contributed by atoms with Crippen LogP contribution in [0.1, 0.15) is 37.7 Å². The molecule has 1 amide bonds. The van der Waals surface area contributed by atoms with E-state index in [-0.39, 0.29) is 23.9 Å². The Labute approximate surface area is 173 Å². The minimum atomic E-state index is -3.40. The van der Waals surface area contributed by atoms with Crippen molar-refractivity contribution in [2.45, 2.75) is 50.2 Å². The lowest BCUT2D eigenvalue weighted by Gasteiger charge is -2.24. The van der Waals surface area contributed by atoms with E-state index >= 15 is 0 Å². The minimum Gasteiger partial charge on any atom is -0.481 e. The lowest BCUT2D eigenvalue weighted by molar-refractivity contribution is -0.136. The highest BCUT2D eigenvalue weighted by molar-refractivity contribution is 7.99. The van der Waals surface area contributed by atoms with Crippen molar-refractivity contribution in [2.75, 3.05) is 18.1 Å². The van der Waals surface area contributed by atoms with Gasteiger partial charge in [-0.05, 0) is 25.0 Å². The third kappa shape index (κ3) is 7.12. The van der Waals surface area contributed by atoms with Gasteiger partial charge < -0.3 is 15.1 Å². The van der Waals surface area contributed by atoms with Gasteiger partial charge in [0.05, 0.1) is 12.5 Å². The largest absolute Gasteiger partial charge is 0.481 e. The van der Waals surface area contributed by atoms with Gasteiger partial charge in [-0.1, -0.05) is 42.5 Å². The van der Waals surface area contributed by atoms with Crippen LogP contribution in [0, 0.1) is 0 Å². The fourth-order valence-corrected chi connectivity index (χ4v) is 4.11. The van der Waals surface area contributed by atoms with Gasteiger partial charge in [0, 0.05) is 24.3 Å². The van der Waals surface area contributed by atoms with Crippen molar-refractivity contribution >= 4 is 23.6 Å². The van der Waals surface area contributed by atoms with E-state index in [0.29, 0.717) is 25.1 Å². The predicted molar refractivity (Wildman–Crippen MR) is 109 cm³/mol. The van der Waals surface area contributed by atoms with E-state index < -0.39 is 18.0 Å². The average molecular weight is 428 g/mol. The number of hydrogen-bond acceptors (Lipinski definition) is 4. The van der Waals surface area contributed by atoms with Crippen molar-refractivity contribution in [3.05, 3.63) is 48.0 Å². The SMILES string of the molecule is O=C(O)CCSCCCCN1C(=O)CC[C@@H]1C=CC(O)C(F)(F)c1ccccc1. The van der Waals surface area contributed by atoms with Gasteiger partial charge in [0.1, 0.15) is 6.10 Å². The normalized spacial score (nSPS) is 18.5. The third-order valence-electron chi connectivity index (χ3n) is 4.82. The quantitative estimate of drug-likeness (QED) is 0.393. The zero-order valence-corrected chi connectivity index (χ0v) is 17.0. The van der Waals surface area contributed by atoms with Gasteiger partial charge in [-0.25, -0.2) is 0 Å². The first-order valence-electron chi connectivity index (χ1n) is 9.71. The van der Waals surface area contributed by atoms with E-state index in [2.05, 4.69) is 0 Å². The molecule has 2 atom stereocenters. The Morgan fingerprint density at radius 2 is 2.00 bits per heavy atom. The molecule has 5 nitrogen and oxygen atoms in total. The highest BCUT2D eigenvalue weighted by Gasteiger charge is 2.39. The molecule has 0 spiro atoms. The summed E-state index contributed by atoms with van der Waals surface area (Å²) in [4.78, 5) is 24.2. The van der Waals surface area contributed by atoms with Crippen LogP contribution in [-0.4, -0.2) is 57.2 Å². The van der Waals surface area contributed by atoms with E-state index in [0.717, 1.165) is 24.7 Å². The van der Waals surface area contributed by atoms with Crippen LogP contribution in [-0.2, 0) is 15.5 Å². The first kappa shape index (κ1) is 23.3. The fraction of sp³-hybridized carbons (Fsp3) is 0.524. The Morgan fingerprint density at radius 1 is 1.28 bits per heavy atom. The topological polar surface area (TPSA) is 77.8 Å². The summed E-state index contributed by atoms with van der Waals surface area (Å²) >= 11 is 1.57. The summed E-state index contributed by atoms with van der Waals surface area (Å²) < 4.78 is 28.8. The molecule has 0 bridgehead atoms. The summed E-state index contributed by atoms with van der Waals surface area (Å²) in [7, 11) is 0. The number of carboxylic acids is 1. The number of likely N-dealkylation sites (tertiary alicyclic amines) is 1. The monoisotopic (exact) mass is 427 g/mol. The number of alkyl halides is 2. The lowest BCUT2D eigenvalue weighted by Crippen LogP contribution is -2.34. The second kappa shape index (κ2) is 11.3. The molecular weight excluding hydrogens is 400 g/mol. The Hall–Kier alpha value is -1.93. The second-order valence-electron chi connectivity index (χ2n) is 6.98. The standard InChI is InChI=1S/C21H27F2NO4S/c22-21(23,16-6-2-1-3-7-16)18(25)10-8-17-9-11-19(26)24(17)13-4-5-14-29-15-12-20(27)28/h1-3,6-8,10,17-18,25H,4-5,9,11-15H2,(H,27,28)/t17-,18?/m0/s1. The molecule has 0 saturated carbocycles. The molecule has 1 aliphatic heterocycles. The Balaban J connectivity index is 1.82. The summed E-state index contributed by atoms with van der Waals surface area (Å²) in [5.41, 5.74) is -0.253. The van der Waals surface area contributed by atoms with E-state index in [4.69, 9.17) is 5.11 Å². The molecule has 0 aliphatic carbocycles. The molecule has 1 saturated heterocycles. The number of aliphatic hydroxyl groups excluding tert-OH is 1. The summed E-state index contributed by atoms with van der Waals surface area (Å²) in [6.45, 7) is 0.526. The molecule has 1 fully saturated rings. The molecule has 29 heavy (non-hydrogen) atoms. The second-order valence-corrected chi connectivity index (χ2v) is 8.20. The molecular formula is C21H27F2NO4S. The number of carbonyl (C=O) groups excluding carboxylic acids is 1. The maximum Gasteiger partial charge on any atom is 0.304 e. The van der Waals surface area contributed by atoms with Crippen LogP contribution < -0.4 is 0 Å². The first-order valence-corrected chi connectivity index (χ1v) is 10.9. The summed E-state index contributed by atoms with van der Waals surface area (Å²) in [5.74, 6) is -2.84. The summed E-state index contributed by atoms with van der Waals surface area (Å²) in [6.07, 6.45) is 3.29. The molecule has 2 rings (SSSR count). The van der Waals surface area contributed by atoms with Crippen molar-refractivity contribution in [1.29, 1.82) is 0 Å². The zero-order chi connectivity index (χ0) is 21.3. The fourth-order valence-electron chi connectivity index (χ4n) is 3.18. The number of aliphatic carboxylic acids is 1. The number of benzene rings is 1. The molecule has 1 unspecified atom stereocenters. The number of carboxylic acid groups (broad SMARTS) is 1. The van der Waals surface area contributed by atoms with Crippen LogP contribution in [0.5, 0.6) is 0 Å². The van der Waals surface area contributed by atoms with Crippen LogP contribution in [0.2, 0.25) is 0 Å². The van der Waals surface area contributed by atoms with Crippen LogP contribution in [0.15, 0.2) is 42.5 Å².